The summed E-state index contributed by atoms with van der Waals surface area (Å²) in [6.07, 6.45) is -0.0392. The zero-order chi connectivity index (χ0) is 31.1. The average Bonchev–Trinajstić information content (AvgIpc) is 3.35. The van der Waals surface area contributed by atoms with Gasteiger partial charge in [0.15, 0.2) is 6.61 Å². The number of carbonyl (C=O) groups is 3. The molecule has 1 unspecified atom stereocenters. The van der Waals surface area contributed by atoms with Gasteiger partial charge in [0.1, 0.15) is 17.2 Å². The van der Waals surface area contributed by atoms with E-state index in [4.69, 9.17) is 9.47 Å². The summed E-state index contributed by atoms with van der Waals surface area (Å²) in [6, 6.07) is 11.6. The van der Waals surface area contributed by atoms with Crippen LogP contribution in [-0.2, 0) is 20.9 Å². The lowest BCUT2D eigenvalue weighted by Gasteiger charge is -2.27. The molecule has 2 aromatic carbocycles. The molecule has 226 valence electrons. The Morgan fingerprint density at radius 3 is 2.21 bits per heavy atom. The Balaban J connectivity index is 0.000000235. The van der Waals surface area contributed by atoms with Gasteiger partial charge in [-0.15, -0.1) is 0 Å². The minimum absolute atomic E-state index is 0.0281. The van der Waals surface area contributed by atoms with E-state index in [2.05, 4.69) is 4.74 Å². The molecule has 4 rings (SSSR count). The lowest BCUT2D eigenvalue weighted by molar-refractivity contribution is -0.153. The summed E-state index contributed by atoms with van der Waals surface area (Å²) in [6.45, 7) is 1.31. The highest BCUT2D eigenvalue weighted by Gasteiger charge is 2.37. The Kier molecular flexibility index (Phi) is 10.3. The Labute approximate surface area is 240 Å². The van der Waals surface area contributed by atoms with Crippen LogP contribution in [-0.4, -0.2) is 66.5 Å². The van der Waals surface area contributed by atoms with E-state index in [1.165, 1.54) is 39.4 Å². The first-order valence-electron chi connectivity index (χ1n) is 12.9. The van der Waals surface area contributed by atoms with Crippen LogP contribution in [0.1, 0.15) is 37.3 Å². The smallest absolute Gasteiger partial charge is 0.422 e. The SMILES string of the molecule is COc1cccc(OC)c1C1=CC(C)(C(=O)O)CC(C(=O)O)=C1.O=C1CCCN1Cc1cccc(OCC(F)(F)F)c1. The van der Waals surface area contributed by atoms with Crippen molar-refractivity contribution < 1.29 is 52.0 Å². The largest absolute Gasteiger partial charge is 0.496 e. The molecular weight excluding hydrogens is 559 g/mol. The number of alkyl halides is 3. The number of amides is 1. The maximum atomic E-state index is 12.0. The van der Waals surface area contributed by atoms with E-state index in [9.17, 15) is 37.8 Å². The second-order valence-electron chi connectivity index (χ2n) is 9.98. The average molecular weight is 592 g/mol. The molecule has 0 radical (unpaired) electrons. The zero-order valence-electron chi connectivity index (χ0n) is 23.4. The number of halogens is 3. The van der Waals surface area contributed by atoms with Crippen LogP contribution in [0.4, 0.5) is 13.2 Å². The van der Waals surface area contributed by atoms with Gasteiger partial charge in [-0.25, -0.2) is 4.79 Å². The van der Waals surface area contributed by atoms with E-state index in [0.717, 1.165) is 12.0 Å². The third-order valence-corrected chi connectivity index (χ3v) is 6.69. The van der Waals surface area contributed by atoms with Crippen LogP contribution in [0.5, 0.6) is 17.2 Å². The second kappa shape index (κ2) is 13.5. The molecule has 0 bridgehead atoms. The number of carboxylic acids is 2. The topological polar surface area (TPSA) is 123 Å². The number of methoxy groups -OCH3 is 2. The van der Waals surface area contributed by atoms with E-state index in [1.54, 1.807) is 41.3 Å². The minimum atomic E-state index is -4.35. The summed E-state index contributed by atoms with van der Waals surface area (Å²) in [7, 11) is 2.97. The van der Waals surface area contributed by atoms with Crippen LogP contribution in [0, 0.1) is 5.41 Å². The van der Waals surface area contributed by atoms with Crippen molar-refractivity contribution in [1.82, 2.24) is 4.90 Å². The molecular formula is C30H32F3NO8. The molecule has 9 nitrogen and oxygen atoms in total. The van der Waals surface area contributed by atoms with Crippen molar-refractivity contribution in [1.29, 1.82) is 0 Å². The summed E-state index contributed by atoms with van der Waals surface area (Å²) < 4.78 is 51.4. The highest BCUT2D eigenvalue weighted by atomic mass is 19.4. The first-order chi connectivity index (χ1) is 19.8. The molecule has 0 spiro atoms. The van der Waals surface area contributed by atoms with Crippen LogP contribution < -0.4 is 14.2 Å². The van der Waals surface area contributed by atoms with Crippen LogP contribution in [0.3, 0.4) is 0 Å². The molecule has 12 heteroatoms. The van der Waals surface area contributed by atoms with Gasteiger partial charge in [0.05, 0.1) is 25.2 Å². The predicted molar refractivity (Wildman–Crippen MR) is 146 cm³/mol. The fourth-order valence-corrected chi connectivity index (χ4v) is 4.62. The number of aliphatic carboxylic acids is 2. The second-order valence-corrected chi connectivity index (χ2v) is 9.98. The Morgan fingerprint density at radius 2 is 1.69 bits per heavy atom. The van der Waals surface area contributed by atoms with Gasteiger partial charge in [-0.3, -0.25) is 9.59 Å². The normalized spacial score (nSPS) is 18.3. The molecule has 1 saturated heterocycles. The van der Waals surface area contributed by atoms with Crippen LogP contribution in [0.15, 0.2) is 60.2 Å². The van der Waals surface area contributed by atoms with E-state index < -0.39 is 30.1 Å². The van der Waals surface area contributed by atoms with E-state index in [1.807, 2.05) is 0 Å². The van der Waals surface area contributed by atoms with Gasteiger partial charge in [0.2, 0.25) is 5.91 Å². The monoisotopic (exact) mass is 591 g/mol. The third-order valence-electron chi connectivity index (χ3n) is 6.69. The standard InChI is InChI=1S/C17H18O6.C13H14F3NO2/c1-17(16(20)21)8-10(7-11(9-17)15(18)19)14-12(22-2)5-4-6-13(14)23-3;14-13(15,16)9-19-11-4-1-3-10(7-11)8-17-6-2-5-12(17)18/h4-8H,9H2,1-3H3,(H,18,19)(H,20,21);1,3-4,7H,2,5-6,8-9H2. The van der Waals surface area contributed by atoms with E-state index >= 15 is 0 Å². The predicted octanol–water partition coefficient (Wildman–Crippen LogP) is 5.34. The van der Waals surface area contributed by atoms with Crippen LogP contribution in [0.25, 0.3) is 5.57 Å². The molecule has 2 N–H and O–H groups in total. The summed E-state index contributed by atoms with van der Waals surface area (Å²) in [5.74, 6) is -1.02. The first kappa shape index (κ1) is 32.0. The van der Waals surface area contributed by atoms with Crippen molar-refractivity contribution in [3.8, 4) is 17.2 Å². The molecule has 1 aliphatic carbocycles. The van der Waals surface area contributed by atoms with Crippen molar-refractivity contribution in [2.45, 2.75) is 38.9 Å². The third kappa shape index (κ3) is 8.27. The molecule has 1 aliphatic heterocycles. The number of carboxylic acid groups (broad SMARTS) is 2. The van der Waals surface area contributed by atoms with Gasteiger partial charge in [-0.1, -0.05) is 24.3 Å². The Hall–Kier alpha value is -4.48. The fraction of sp³-hybridized carbons (Fsp3) is 0.367. The van der Waals surface area contributed by atoms with Crippen molar-refractivity contribution >= 4 is 23.4 Å². The molecule has 1 atom stereocenters. The molecule has 1 fully saturated rings. The lowest BCUT2D eigenvalue weighted by Crippen LogP contribution is -2.29. The summed E-state index contributed by atoms with van der Waals surface area (Å²) in [5.41, 5.74) is 0.468. The molecule has 0 aromatic heterocycles. The highest BCUT2D eigenvalue weighted by Crippen LogP contribution is 2.43. The number of likely N-dealkylation sites (tertiary alicyclic amines) is 1. The number of rotatable bonds is 9. The molecule has 2 aliphatic rings. The van der Waals surface area contributed by atoms with Gasteiger partial charge >= 0.3 is 18.1 Å². The van der Waals surface area contributed by atoms with E-state index in [-0.39, 0.29) is 23.7 Å². The minimum Gasteiger partial charge on any atom is -0.496 e. The summed E-state index contributed by atoms with van der Waals surface area (Å²) in [4.78, 5) is 36.2. The van der Waals surface area contributed by atoms with E-state index in [0.29, 0.717) is 42.1 Å². The number of benzene rings is 2. The van der Waals surface area contributed by atoms with Gasteiger partial charge in [0, 0.05) is 25.1 Å². The Bertz CT molecular complexity index is 1360. The zero-order valence-corrected chi connectivity index (χ0v) is 23.4. The van der Waals surface area contributed by atoms with Gasteiger partial charge in [0.25, 0.3) is 0 Å². The number of nitrogens with zero attached hydrogens (tertiary/aromatic N) is 1. The Morgan fingerprint density at radius 1 is 1.05 bits per heavy atom. The van der Waals surface area contributed by atoms with Gasteiger partial charge < -0.3 is 29.3 Å². The van der Waals surface area contributed by atoms with Crippen LogP contribution in [0.2, 0.25) is 0 Å². The number of hydrogen-bond donors (Lipinski definition) is 2. The maximum absolute atomic E-state index is 12.0. The fourth-order valence-electron chi connectivity index (χ4n) is 4.62. The summed E-state index contributed by atoms with van der Waals surface area (Å²) >= 11 is 0. The number of carbonyl (C=O) groups excluding carboxylic acids is 1. The van der Waals surface area contributed by atoms with Crippen molar-refractivity contribution in [2.75, 3.05) is 27.4 Å². The van der Waals surface area contributed by atoms with Crippen LogP contribution >= 0.6 is 0 Å². The summed E-state index contributed by atoms with van der Waals surface area (Å²) in [5, 5.41) is 18.8. The van der Waals surface area contributed by atoms with Crippen molar-refractivity contribution in [2.24, 2.45) is 5.41 Å². The highest BCUT2D eigenvalue weighted by molar-refractivity contribution is 5.97. The molecule has 0 saturated carbocycles. The number of allylic oxidation sites excluding steroid dienone is 2. The molecule has 1 amide bonds. The number of ether oxygens (including phenoxy) is 3. The maximum Gasteiger partial charge on any atom is 0.422 e. The molecule has 42 heavy (non-hydrogen) atoms. The quantitative estimate of drug-likeness (QED) is 0.401. The van der Waals surface area contributed by atoms with Gasteiger partial charge in [-0.2, -0.15) is 13.2 Å². The lowest BCUT2D eigenvalue weighted by atomic mass is 9.76. The van der Waals surface area contributed by atoms with Crippen molar-refractivity contribution in [3.05, 3.63) is 71.3 Å². The molecule has 2 aromatic rings. The van der Waals surface area contributed by atoms with Crippen molar-refractivity contribution in [3.63, 3.8) is 0 Å². The van der Waals surface area contributed by atoms with Gasteiger partial charge in [-0.05, 0) is 61.2 Å². The number of hydrogen-bond acceptors (Lipinski definition) is 6. The first-order valence-corrected chi connectivity index (χ1v) is 12.9. The molecule has 1 heterocycles.